The van der Waals surface area contributed by atoms with E-state index in [9.17, 15) is 45.6 Å². The minimum absolute atomic E-state index is 0.244. The number of nitrogens with one attached hydrogen (secondary N) is 1. The third-order valence-electron chi connectivity index (χ3n) is 15.1. The monoisotopic (exact) mass is 1060 g/mol. The van der Waals surface area contributed by atoms with Crippen LogP contribution in [0.15, 0.2) is 24.3 Å². The van der Waals surface area contributed by atoms with Gasteiger partial charge in [0.05, 0.1) is 32.0 Å². The van der Waals surface area contributed by atoms with E-state index in [1.54, 1.807) is 6.08 Å². The Morgan fingerprint density at radius 3 is 1.32 bits per heavy atom. The number of unbranched alkanes of at least 4 members (excludes halogenated alkanes) is 34. The first-order chi connectivity index (χ1) is 36.1. The molecule has 0 aromatic rings. The quantitative estimate of drug-likeness (QED) is 0.0204. The van der Waals surface area contributed by atoms with Crippen molar-refractivity contribution in [2.24, 2.45) is 0 Å². The van der Waals surface area contributed by atoms with E-state index in [1.165, 1.54) is 193 Å². The van der Waals surface area contributed by atoms with Gasteiger partial charge in [0, 0.05) is 6.42 Å². The predicted octanol–water partition coefficient (Wildman–Crippen LogP) is 10.4. The lowest BCUT2D eigenvalue weighted by molar-refractivity contribution is -0.359. The van der Waals surface area contributed by atoms with E-state index in [0.29, 0.717) is 12.8 Å². The van der Waals surface area contributed by atoms with Crippen LogP contribution in [0.2, 0.25) is 0 Å². The Hall–Kier alpha value is -1.53. The number of rotatable bonds is 49. The van der Waals surface area contributed by atoms with Gasteiger partial charge >= 0.3 is 0 Å². The Morgan fingerprint density at radius 2 is 0.865 bits per heavy atom. The Morgan fingerprint density at radius 1 is 0.473 bits per heavy atom. The van der Waals surface area contributed by atoms with Crippen LogP contribution >= 0.6 is 0 Å². The van der Waals surface area contributed by atoms with Crippen molar-refractivity contribution in [2.45, 2.75) is 331 Å². The van der Waals surface area contributed by atoms with Crippen LogP contribution in [0, 0.1) is 0 Å². The Kier molecular flexibility index (Phi) is 43.0. The van der Waals surface area contributed by atoms with Gasteiger partial charge in [0.15, 0.2) is 12.6 Å². The molecule has 2 rings (SSSR count). The van der Waals surface area contributed by atoms with Crippen molar-refractivity contribution < 1.29 is 64.6 Å². The van der Waals surface area contributed by atoms with Crippen LogP contribution in [0.3, 0.4) is 0 Å². The SMILES string of the molecule is CCCCCCCCCCCCCCCC/C=C/CC/C=C/C(O)C(COC1OC(CO)C(OC2OC(CO)C(O)C(O)C2O)C(O)C1O)NC(=O)CCCCCCCCCCCCCCCCCCCCCC. The summed E-state index contributed by atoms with van der Waals surface area (Å²) in [6.07, 6.45) is 37.9. The first kappa shape index (κ1) is 68.6. The van der Waals surface area contributed by atoms with Crippen molar-refractivity contribution in [3.63, 3.8) is 0 Å². The molecule has 12 unspecified atom stereocenters. The van der Waals surface area contributed by atoms with Crippen LogP contribution in [-0.4, -0.2) is 140 Å². The highest BCUT2D eigenvalue weighted by atomic mass is 16.7. The normalized spacial score (nSPS) is 25.3. The van der Waals surface area contributed by atoms with E-state index in [1.807, 2.05) is 6.08 Å². The maximum atomic E-state index is 13.3. The molecule has 0 aliphatic carbocycles. The second kappa shape index (κ2) is 46.4. The predicted molar refractivity (Wildman–Crippen MR) is 295 cm³/mol. The number of hydrogen-bond donors (Lipinski definition) is 9. The van der Waals surface area contributed by atoms with E-state index < -0.39 is 86.8 Å². The van der Waals surface area contributed by atoms with Crippen molar-refractivity contribution in [3.8, 4) is 0 Å². The van der Waals surface area contributed by atoms with E-state index in [0.717, 1.165) is 32.1 Å². The zero-order chi connectivity index (χ0) is 53.9. The zero-order valence-electron chi connectivity index (χ0n) is 46.8. The molecule has 74 heavy (non-hydrogen) atoms. The van der Waals surface area contributed by atoms with Gasteiger partial charge < -0.3 is 65.1 Å². The molecule has 14 heteroatoms. The van der Waals surface area contributed by atoms with Crippen LogP contribution in [0.1, 0.15) is 258 Å². The summed E-state index contributed by atoms with van der Waals surface area (Å²) in [6, 6.07) is -0.927. The summed E-state index contributed by atoms with van der Waals surface area (Å²) in [5, 5.41) is 87.1. The average Bonchev–Trinajstić information content (AvgIpc) is 3.40. The summed E-state index contributed by atoms with van der Waals surface area (Å²) in [6.45, 7) is 2.81. The summed E-state index contributed by atoms with van der Waals surface area (Å²) in [5.74, 6) is -0.244. The standard InChI is InChI=1S/C60H113NO13/c1-3-5-7-9-11-13-15-17-19-21-23-25-27-29-31-33-35-37-39-41-43-49(64)48(61-52(65)44-42-40-38-36-34-32-30-28-26-24-22-20-18-16-14-12-10-8-6-4-2)47-71-59-57(70)55(68)58(51(46-63)73-59)74-60-56(69)54(67)53(66)50(45-62)72-60/h33,35,41,43,48-51,53-60,62-64,66-70H,3-32,34,36-40,42,44-47H2,1-2H3,(H,61,65)/b35-33+,43-41+. The first-order valence-electron chi connectivity index (χ1n) is 30.6. The third kappa shape index (κ3) is 31.8. The second-order valence-corrected chi connectivity index (χ2v) is 21.8. The van der Waals surface area contributed by atoms with E-state index in [2.05, 4.69) is 31.3 Å². The van der Waals surface area contributed by atoms with Crippen LogP contribution in [-0.2, 0) is 23.7 Å². The highest BCUT2D eigenvalue weighted by Crippen LogP contribution is 2.30. The van der Waals surface area contributed by atoms with Gasteiger partial charge in [0.25, 0.3) is 0 Å². The Balaban J connectivity index is 1.77. The van der Waals surface area contributed by atoms with E-state index in [4.69, 9.17) is 18.9 Å². The lowest BCUT2D eigenvalue weighted by Gasteiger charge is -2.46. The van der Waals surface area contributed by atoms with Crippen molar-refractivity contribution in [1.29, 1.82) is 0 Å². The van der Waals surface area contributed by atoms with Crippen LogP contribution in [0.25, 0.3) is 0 Å². The number of hydrogen-bond acceptors (Lipinski definition) is 13. The Bertz CT molecular complexity index is 1340. The molecule has 2 aliphatic heterocycles. The Labute approximate surface area is 449 Å². The molecular weight excluding hydrogens is 943 g/mol. The molecule has 2 heterocycles. The number of allylic oxidation sites excluding steroid dienone is 3. The molecule has 2 fully saturated rings. The lowest BCUT2D eigenvalue weighted by Crippen LogP contribution is -2.65. The lowest BCUT2D eigenvalue weighted by atomic mass is 9.97. The number of carbonyl (C=O) groups excluding carboxylic acids is 1. The zero-order valence-corrected chi connectivity index (χ0v) is 46.8. The van der Waals surface area contributed by atoms with Crippen LogP contribution in [0.5, 0.6) is 0 Å². The maximum Gasteiger partial charge on any atom is 0.220 e. The number of carbonyl (C=O) groups is 1. The van der Waals surface area contributed by atoms with Gasteiger partial charge in [-0.2, -0.15) is 0 Å². The number of ether oxygens (including phenoxy) is 4. The fraction of sp³-hybridized carbons (Fsp3) is 0.917. The summed E-state index contributed by atoms with van der Waals surface area (Å²) >= 11 is 0. The second-order valence-electron chi connectivity index (χ2n) is 21.8. The fourth-order valence-corrected chi connectivity index (χ4v) is 10.2. The molecule has 12 atom stereocenters. The highest BCUT2D eigenvalue weighted by molar-refractivity contribution is 5.76. The topological polar surface area (TPSA) is 228 Å². The van der Waals surface area contributed by atoms with Crippen molar-refractivity contribution in [1.82, 2.24) is 5.32 Å². The molecule has 9 N–H and O–H groups in total. The number of amides is 1. The molecule has 0 aromatic heterocycles. The third-order valence-corrected chi connectivity index (χ3v) is 15.1. The average molecular weight is 1060 g/mol. The molecule has 0 radical (unpaired) electrons. The molecule has 0 bridgehead atoms. The van der Waals surface area contributed by atoms with Gasteiger partial charge in [0.1, 0.15) is 48.8 Å². The highest BCUT2D eigenvalue weighted by Gasteiger charge is 2.51. The van der Waals surface area contributed by atoms with Crippen LogP contribution in [0.4, 0.5) is 0 Å². The van der Waals surface area contributed by atoms with Crippen molar-refractivity contribution in [2.75, 3.05) is 19.8 Å². The number of aliphatic hydroxyl groups is 8. The van der Waals surface area contributed by atoms with Gasteiger partial charge in [-0.3, -0.25) is 4.79 Å². The van der Waals surface area contributed by atoms with Gasteiger partial charge in [-0.1, -0.05) is 244 Å². The molecular formula is C60H113NO13. The molecule has 14 nitrogen and oxygen atoms in total. The molecule has 1 amide bonds. The van der Waals surface area contributed by atoms with Gasteiger partial charge in [-0.15, -0.1) is 0 Å². The molecule has 2 saturated heterocycles. The van der Waals surface area contributed by atoms with E-state index in [-0.39, 0.29) is 18.9 Å². The van der Waals surface area contributed by atoms with Gasteiger partial charge in [-0.25, -0.2) is 0 Å². The van der Waals surface area contributed by atoms with Gasteiger partial charge in [0.2, 0.25) is 5.91 Å². The smallest absolute Gasteiger partial charge is 0.220 e. The summed E-state index contributed by atoms with van der Waals surface area (Å²) in [4.78, 5) is 13.3. The molecule has 0 spiro atoms. The van der Waals surface area contributed by atoms with Crippen molar-refractivity contribution in [3.05, 3.63) is 24.3 Å². The minimum atomic E-state index is -1.79. The molecule has 2 aliphatic rings. The largest absolute Gasteiger partial charge is 0.394 e. The summed E-state index contributed by atoms with van der Waals surface area (Å²) < 4.78 is 22.8. The summed E-state index contributed by atoms with van der Waals surface area (Å²) in [7, 11) is 0. The van der Waals surface area contributed by atoms with Gasteiger partial charge in [-0.05, 0) is 32.1 Å². The van der Waals surface area contributed by atoms with Crippen LogP contribution < -0.4 is 5.32 Å². The maximum absolute atomic E-state index is 13.3. The van der Waals surface area contributed by atoms with E-state index >= 15 is 0 Å². The summed E-state index contributed by atoms with van der Waals surface area (Å²) in [5.41, 5.74) is 0. The molecule has 436 valence electrons. The molecule has 0 saturated carbocycles. The first-order valence-corrected chi connectivity index (χ1v) is 30.6. The number of aliphatic hydroxyl groups excluding tert-OH is 8. The molecule has 0 aromatic carbocycles. The fourth-order valence-electron chi connectivity index (χ4n) is 10.2. The van der Waals surface area contributed by atoms with Crippen molar-refractivity contribution >= 4 is 5.91 Å². The minimum Gasteiger partial charge on any atom is -0.394 e.